The molecule has 1 aromatic heterocycles. The number of aromatic nitrogens is 1. The molecule has 5 heterocycles. The molecule has 0 radical (unpaired) electrons. The molecule has 0 spiro atoms. The third kappa shape index (κ3) is 4.09. The molecule has 192 valence electrons. The van der Waals surface area contributed by atoms with Gasteiger partial charge in [-0.05, 0) is 46.2 Å². The minimum atomic E-state index is -0.820. The van der Waals surface area contributed by atoms with Gasteiger partial charge in [0, 0.05) is 17.8 Å². The molecule has 0 aliphatic carbocycles. The van der Waals surface area contributed by atoms with Crippen molar-refractivity contribution in [2.24, 2.45) is 0 Å². The lowest BCUT2D eigenvalue weighted by Gasteiger charge is -2.37. The normalized spacial score (nSPS) is 33.6. The van der Waals surface area contributed by atoms with Crippen molar-refractivity contribution in [1.29, 1.82) is 0 Å². The molecule has 0 saturated carbocycles. The summed E-state index contributed by atoms with van der Waals surface area (Å²) in [6.45, 7) is 7.91. The van der Waals surface area contributed by atoms with Gasteiger partial charge in [0.15, 0.2) is 17.9 Å². The van der Waals surface area contributed by atoms with E-state index in [1.165, 1.54) is 0 Å². The standard InChI is InChI=1S/C27H31NO8/c1-26(2)33-21-19(32-25-23(22(21)34-26)35-27(3,4)36-25)14-31-24(30)16-12-13-28-17(16)10-11-18(28)20(29)15-8-6-5-7-9-15/h5-11,16,19,21-23,25H,12-14H2,1-4H3/t16-,19+,21-,22-,23+,25+/m0/s1. The first-order valence-electron chi connectivity index (χ1n) is 12.4. The minimum Gasteiger partial charge on any atom is -0.462 e. The maximum atomic E-state index is 13.1. The van der Waals surface area contributed by atoms with Crippen LogP contribution in [0.4, 0.5) is 0 Å². The molecule has 36 heavy (non-hydrogen) atoms. The summed E-state index contributed by atoms with van der Waals surface area (Å²) in [5.41, 5.74) is 1.99. The van der Waals surface area contributed by atoms with Crippen LogP contribution in [0.1, 0.15) is 61.8 Å². The number of benzene rings is 1. The van der Waals surface area contributed by atoms with E-state index in [0.717, 1.165) is 5.69 Å². The lowest BCUT2D eigenvalue weighted by Crippen LogP contribution is -2.56. The quantitative estimate of drug-likeness (QED) is 0.459. The van der Waals surface area contributed by atoms with E-state index in [1.54, 1.807) is 18.2 Å². The van der Waals surface area contributed by atoms with E-state index >= 15 is 0 Å². The fourth-order valence-corrected chi connectivity index (χ4v) is 5.71. The SMILES string of the molecule is CC1(C)O[C@H]2[C@@H](O1)[C@@H](COC(=O)[C@H]1CCn3c(C(=O)c4ccccc4)ccc31)O[C@@H]1OC(C)(C)O[C@@H]12. The average molecular weight is 498 g/mol. The maximum Gasteiger partial charge on any atom is 0.315 e. The molecular formula is C27H31NO8. The Morgan fingerprint density at radius 3 is 2.39 bits per heavy atom. The molecule has 4 aliphatic rings. The third-order valence-electron chi connectivity index (χ3n) is 7.21. The van der Waals surface area contributed by atoms with Gasteiger partial charge in [-0.15, -0.1) is 0 Å². The highest BCUT2D eigenvalue weighted by molar-refractivity contribution is 6.08. The summed E-state index contributed by atoms with van der Waals surface area (Å²) in [5.74, 6) is -2.49. The summed E-state index contributed by atoms with van der Waals surface area (Å²) >= 11 is 0. The van der Waals surface area contributed by atoms with E-state index in [1.807, 2.05) is 56.5 Å². The fraction of sp³-hybridized carbons (Fsp3) is 0.556. The Morgan fingerprint density at radius 1 is 0.917 bits per heavy atom. The van der Waals surface area contributed by atoms with Crippen molar-refractivity contribution >= 4 is 11.8 Å². The molecule has 2 aromatic rings. The van der Waals surface area contributed by atoms with E-state index < -0.39 is 48.2 Å². The summed E-state index contributed by atoms with van der Waals surface area (Å²) in [5, 5.41) is 0. The van der Waals surface area contributed by atoms with E-state index in [-0.39, 0.29) is 18.4 Å². The number of rotatable bonds is 5. The van der Waals surface area contributed by atoms with Crippen LogP contribution in [0.2, 0.25) is 0 Å². The largest absolute Gasteiger partial charge is 0.462 e. The predicted octanol–water partition coefficient (Wildman–Crippen LogP) is 3.15. The van der Waals surface area contributed by atoms with E-state index in [4.69, 9.17) is 28.4 Å². The first-order valence-corrected chi connectivity index (χ1v) is 12.4. The van der Waals surface area contributed by atoms with Gasteiger partial charge in [0.25, 0.3) is 0 Å². The number of esters is 1. The molecule has 0 bridgehead atoms. The highest BCUT2D eigenvalue weighted by Crippen LogP contribution is 2.44. The van der Waals surface area contributed by atoms with Crippen LogP contribution in [0.25, 0.3) is 0 Å². The summed E-state index contributed by atoms with van der Waals surface area (Å²) in [6.07, 6.45) is -1.93. The molecule has 6 rings (SSSR count). The molecule has 0 amide bonds. The van der Waals surface area contributed by atoms with Crippen molar-refractivity contribution in [2.75, 3.05) is 6.61 Å². The van der Waals surface area contributed by atoms with Crippen molar-refractivity contribution < 1.29 is 38.0 Å². The number of ether oxygens (including phenoxy) is 6. The summed E-state index contributed by atoms with van der Waals surface area (Å²) < 4.78 is 38.0. The lowest BCUT2D eigenvalue weighted by molar-refractivity contribution is -0.242. The molecule has 0 unspecified atom stereocenters. The van der Waals surface area contributed by atoms with Crippen LogP contribution in [0.3, 0.4) is 0 Å². The van der Waals surface area contributed by atoms with Crippen LogP contribution in [-0.4, -0.2) is 65.2 Å². The molecule has 0 N–H and O–H groups in total. The van der Waals surface area contributed by atoms with Gasteiger partial charge in [0.1, 0.15) is 31.0 Å². The zero-order chi connectivity index (χ0) is 25.2. The Kier molecular flexibility index (Phi) is 5.62. The maximum absolute atomic E-state index is 13.1. The Hall–Kier alpha value is -2.56. The molecule has 3 saturated heterocycles. The monoisotopic (exact) mass is 497 g/mol. The van der Waals surface area contributed by atoms with Crippen molar-refractivity contribution in [1.82, 2.24) is 4.57 Å². The van der Waals surface area contributed by atoms with E-state index in [9.17, 15) is 9.59 Å². The van der Waals surface area contributed by atoms with Crippen LogP contribution >= 0.6 is 0 Å². The number of nitrogens with zero attached hydrogens (tertiary/aromatic N) is 1. The molecule has 6 atom stereocenters. The summed E-state index contributed by atoms with van der Waals surface area (Å²) in [4.78, 5) is 26.1. The lowest BCUT2D eigenvalue weighted by atomic mass is 9.99. The fourth-order valence-electron chi connectivity index (χ4n) is 5.71. The number of hydrogen-bond donors (Lipinski definition) is 0. The van der Waals surface area contributed by atoms with Gasteiger partial charge < -0.3 is 33.0 Å². The van der Waals surface area contributed by atoms with Crippen LogP contribution in [0, 0.1) is 0 Å². The number of carbonyl (C=O) groups excluding carboxylic acids is 2. The topological polar surface area (TPSA) is 94.5 Å². The second kappa shape index (κ2) is 8.49. The summed E-state index contributed by atoms with van der Waals surface area (Å²) in [7, 11) is 0. The highest BCUT2D eigenvalue weighted by Gasteiger charge is 2.61. The van der Waals surface area contributed by atoms with Gasteiger partial charge in [-0.3, -0.25) is 9.59 Å². The van der Waals surface area contributed by atoms with Gasteiger partial charge in [-0.25, -0.2) is 0 Å². The van der Waals surface area contributed by atoms with Crippen molar-refractivity contribution in [3.05, 3.63) is 59.4 Å². The van der Waals surface area contributed by atoms with E-state index in [0.29, 0.717) is 24.2 Å². The van der Waals surface area contributed by atoms with Gasteiger partial charge in [-0.2, -0.15) is 0 Å². The second-order valence-electron chi connectivity index (χ2n) is 10.7. The molecule has 3 fully saturated rings. The molecule has 4 aliphatic heterocycles. The first-order chi connectivity index (χ1) is 17.1. The second-order valence-corrected chi connectivity index (χ2v) is 10.7. The van der Waals surface area contributed by atoms with Gasteiger partial charge in [0.2, 0.25) is 5.78 Å². The van der Waals surface area contributed by atoms with Gasteiger partial charge in [-0.1, -0.05) is 30.3 Å². The number of ketones is 1. The molecule has 9 heteroatoms. The minimum absolute atomic E-state index is 0.000536. The number of fused-ring (bicyclic) bond motifs is 4. The summed E-state index contributed by atoms with van der Waals surface area (Å²) in [6, 6.07) is 12.8. The van der Waals surface area contributed by atoms with E-state index in [2.05, 4.69) is 0 Å². The highest BCUT2D eigenvalue weighted by atomic mass is 16.9. The number of hydrogen-bond acceptors (Lipinski definition) is 8. The van der Waals surface area contributed by atoms with Crippen LogP contribution < -0.4 is 0 Å². The Balaban J connectivity index is 1.15. The molecule has 9 nitrogen and oxygen atoms in total. The van der Waals surface area contributed by atoms with Gasteiger partial charge >= 0.3 is 5.97 Å². The zero-order valence-corrected chi connectivity index (χ0v) is 20.8. The third-order valence-corrected chi connectivity index (χ3v) is 7.21. The smallest absolute Gasteiger partial charge is 0.315 e. The zero-order valence-electron chi connectivity index (χ0n) is 20.8. The molecular weight excluding hydrogens is 466 g/mol. The average Bonchev–Trinajstić information content (AvgIpc) is 3.57. The molecule has 1 aromatic carbocycles. The van der Waals surface area contributed by atoms with Crippen molar-refractivity contribution in [3.63, 3.8) is 0 Å². The Bertz CT molecular complexity index is 1170. The van der Waals surface area contributed by atoms with Crippen LogP contribution in [-0.2, 0) is 39.8 Å². The predicted molar refractivity (Wildman–Crippen MR) is 125 cm³/mol. The van der Waals surface area contributed by atoms with Crippen molar-refractivity contribution in [3.8, 4) is 0 Å². The van der Waals surface area contributed by atoms with Gasteiger partial charge in [0.05, 0.1) is 11.6 Å². The van der Waals surface area contributed by atoms with Crippen LogP contribution in [0.5, 0.6) is 0 Å². The Morgan fingerprint density at radius 2 is 1.61 bits per heavy atom. The first kappa shape index (κ1) is 23.8. The number of carbonyl (C=O) groups is 2. The van der Waals surface area contributed by atoms with Crippen LogP contribution in [0.15, 0.2) is 42.5 Å². The van der Waals surface area contributed by atoms with Crippen molar-refractivity contribution in [2.45, 2.75) is 88.9 Å². The Labute approximate surface area is 209 Å².